The lowest BCUT2D eigenvalue weighted by atomic mass is 9.86. The molecule has 1 unspecified atom stereocenters. The Balaban J connectivity index is 1.54. The number of benzene rings is 3. The normalized spacial score (nSPS) is 13.2. The van der Waals surface area contributed by atoms with Crippen molar-refractivity contribution in [2.75, 3.05) is 0 Å². The van der Waals surface area contributed by atoms with E-state index in [1.54, 1.807) is 0 Å². The highest BCUT2D eigenvalue weighted by Crippen LogP contribution is 2.38. The topological polar surface area (TPSA) is 46.3 Å². The third kappa shape index (κ3) is 4.37. The van der Waals surface area contributed by atoms with Gasteiger partial charge >= 0.3 is 0 Å². The zero-order valence-corrected chi connectivity index (χ0v) is 17.5. The Bertz CT molecular complexity index is 1080. The summed E-state index contributed by atoms with van der Waals surface area (Å²) in [5.74, 6) is 0.650. The number of hydrogen-bond donors (Lipinski definition) is 1. The molecule has 3 heteroatoms. The largest absolute Gasteiger partial charge is 0.385 e. The molecule has 0 fully saturated rings. The summed E-state index contributed by atoms with van der Waals surface area (Å²) in [5.41, 5.74) is 5.04. The van der Waals surface area contributed by atoms with Crippen LogP contribution >= 0.6 is 0 Å². The summed E-state index contributed by atoms with van der Waals surface area (Å²) >= 11 is 0. The molecule has 152 valence electrons. The minimum atomic E-state index is -1.01. The van der Waals surface area contributed by atoms with Crippen LogP contribution in [0, 0.1) is 6.92 Å². The molecule has 4 aromatic rings. The standard InChI is InChI=1S/C27H27NO2/c1-20-25(27(2,29)19-9-12-21-10-5-3-6-11-21)26(30-28-20)24-17-15-23(16-18-24)22-13-7-4-8-14-22/h3-8,10-11,13-18,29H,9,12,19H2,1-2H3. The molecule has 30 heavy (non-hydrogen) atoms. The lowest BCUT2D eigenvalue weighted by molar-refractivity contribution is 0.0453. The maximum absolute atomic E-state index is 11.3. The highest BCUT2D eigenvalue weighted by molar-refractivity contribution is 5.70. The van der Waals surface area contributed by atoms with Gasteiger partial charge in [-0.05, 0) is 49.8 Å². The zero-order valence-electron chi connectivity index (χ0n) is 17.5. The van der Waals surface area contributed by atoms with Crippen molar-refractivity contribution in [1.82, 2.24) is 5.16 Å². The summed E-state index contributed by atoms with van der Waals surface area (Å²) in [6, 6.07) is 28.9. The average Bonchev–Trinajstić information content (AvgIpc) is 3.17. The molecule has 1 atom stereocenters. The van der Waals surface area contributed by atoms with Crippen LogP contribution in [0.5, 0.6) is 0 Å². The molecular formula is C27H27NO2. The van der Waals surface area contributed by atoms with Gasteiger partial charge in [0.2, 0.25) is 0 Å². The van der Waals surface area contributed by atoms with Gasteiger partial charge in [0.25, 0.3) is 0 Å². The highest BCUT2D eigenvalue weighted by atomic mass is 16.5. The molecule has 3 aromatic carbocycles. The van der Waals surface area contributed by atoms with Crippen LogP contribution in [0.3, 0.4) is 0 Å². The number of aryl methyl sites for hydroxylation is 2. The number of aliphatic hydroxyl groups is 1. The lowest BCUT2D eigenvalue weighted by Gasteiger charge is -2.24. The van der Waals surface area contributed by atoms with E-state index in [1.807, 2.05) is 50.2 Å². The van der Waals surface area contributed by atoms with Crippen molar-refractivity contribution in [3.8, 4) is 22.5 Å². The minimum Gasteiger partial charge on any atom is -0.385 e. The molecule has 0 spiro atoms. The van der Waals surface area contributed by atoms with Crippen LogP contribution in [0.25, 0.3) is 22.5 Å². The maximum atomic E-state index is 11.3. The van der Waals surface area contributed by atoms with Crippen LogP contribution in [0.2, 0.25) is 0 Å². The first kappa shape index (κ1) is 20.1. The molecule has 3 nitrogen and oxygen atoms in total. The monoisotopic (exact) mass is 397 g/mol. The molecule has 0 amide bonds. The highest BCUT2D eigenvalue weighted by Gasteiger charge is 2.32. The molecule has 0 saturated heterocycles. The summed E-state index contributed by atoms with van der Waals surface area (Å²) in [4.78, 5) is 0. The Labute approximate surface area is 178 Å². The maximum Gasteiger partial charge on any atom is 0.173 e. The summed E-state index contributed by atoms with van der Waals surface area (Å²) in [6.45, 7) is 3.76. The Hall–Kier alpha value is -3.17. The molecule has 1 N–H and O–H groups in total. The number of rotatable bonds is 7. The molecule has 0 saturated carbocycles. The fraction of sp³-hybridized carbons (Fsp3) is 0.222. The minimum absolute atomic E-state index is 0.638. The predicted octanol–water partition coefficient (Wildman–Crippen LogP) is 6.55. The molecule has 0 bridgehead atoms. The van der Waals surface area contributed by atoms with Crippen molar-refractivity contribution in [1.29, 1.82) is 0 Å². The van der Waals surface area contributed by atoms with Crippen molar-refractivity contribution in [3.63, 3.8) is 0 Å². The number of hydrogen-bond acceptors (Lipinski definition) is 3. The van der Waals surface area contributed by atoms with Gasteiger partial charge in [-0.15, -0.1) is 0 Å². The summed E-state index contributed by atoms with van der Waals surface area (Å²) in [7, 11) is 0. The Kier molecular flexibility index (Phi) is 5.82. The second-order valence-electron chi connectivity index (χ2n) is 8.03. The van der Waals surface area contributed by atoms with E-state index >= 15 is 0 Å². The summed E-state index contributed by atoms with van der Waals surface area (Å²) in [5, 5.41) is 15.5. The molecule has 0 aliphatic rings. The van der Waals surface area contributed by atoms with Crippen molar-refractivity contribution in [2.45, 2.75) is 38.7 Å². The smallest absolute Gasteiger partial charge is 0.173 e. The molecular weight excluding hydrogens is 370 g/mol. The lowest BCUT2D eigenvalue weighted by Crippen LogP contribution is -2.22. The van der Waals surface area contributed by atoms with Gasteiger partial charge in [0, 0.05) is 5.56 Å². The van der Waals surface area contributed by atoms with Gasteiger partial charge in [-0.1, -0.05) is 90.1 Å². The van der Waals surface area contributed by atoms with E-state index in [9.17, 15) is 5.11 Å². The first-order chi connectivity index (χ1) is 14.5. The van der Waals surface area contributed by atoms with Crippen LogP contribution in [0.4, 0.5) is 0 Å². The average molecular weight is 398 g/mol. The first-order valence-corrected chi connectivity index (χ1v) is 10.4. The van der Waals surface area contributed by atoms with Crippen molar-refractivity contribution in [3.05, 3.63) is 102 Å². The third-order valence-electron chi connectivity index (χ3n) is 5.63. The SMILES string of the molecule is Cc1noc(-c2ccc(-c3ccccc3)cc2)c1C(C)(O)CCCc1ccccc1. The van der Waals surface area contributed by atoms with Gasteiger partial charge in [-0.25, -0.2) is 0 Å². The van der Waals surface area contributed by atoms with E-state index in [4.69, 9.17) is 4.52 Å². The van der Waals surface area contributed by atoms with E-state index < -0.39 is 5.60 Å². The van der Waals surface area contributed by atoms with Crippen molar-refractivity contribution < 1.29 is 9.63 Å². The van der Waals surface area contributed by atoms with Crippen LogP contribution in [0.15, 0.2) is 89.5 Å². The molecule has 0 aliphatic heterocycles. The summed E-state index contributed by atoms with van der Waals surface area (Å²) in [6.07, 6.45) is 2.45. The molecule has 1 heterocycles. The molecule has 0 aliphatic carbocycles. The fourth-order valence-corrected chi connectivity index (χ4v) is 4.05. The second kappa shape index (κ2) is 8.68. The van der Waals surface area contributed by atoms with E-state index in [0.717, 1.165) is 35.2 Å². The molecule has 0 radical (unpaired) electrons. The Morgan fingerprint density at radius 1 is 0.800 bits per heavy atom. The molecule has 4 rings (SSSR count). The van der Waals surface area contributed by atoms with Gasteiger partial charge in [0.15, 0.2) is 5.76 Å². The third-order valence-corrected chi connectivity index (χ3v) is 5.63. The van der Waals surface area contributed by atoms with Gasteiger partial charge in [0.1, 0.15) is 0 Å². The predicted molar refractivity (Wildman–Crippen MR) is 121 cm³/mol. The van der Waals surface area contributed by atoms with E-state index in [1.165, 1.54) is 11.1 Å². The van der Waals surface area contributed by atoms with Gasteiger partial charge in [-0.2, -0.15) is 0 Å². The van der Waals surface area contributed by atoms with E-state index in [2.05, 4.69) is 53.7 Å². The Morgan fingerprint density at radius 2 is 1.37 bits per heavy atom. The molecule has 1 aromatic heterocycles. The van der Waals surface area contributed by atoms with Crippen LogP contribution in [0.1, 0.15) is 36.6 Å². The van der Waals surface area contributed by atoms with Crippen LogP contribution in [-0.4, -0.2) is 10.3 Å². The van der Waals surface area contributed by atoms with Crippen molar-refractivity contribution in [2.24, 2.45) is 0 Å². The van der Waals surface area contributed by atoms with E-state index in [-0.39, 0.29) is 0 Å². The first-order valence-electron chi connectivity index (χ1n) is 10.4. The zero-order chi connectivity index (χ0) is 21.0. The van der Waals surface area contributed by atoms with Gasteiger partial charge in [-0.3, -0.25) is 0 Å². The quantitative estimate of drug-likeness (QED) is 0.385. The van der Waals surface area contributed by atoms with Crippen LogP contribution in [-0.2, 0) is 12.0 Å². The van der Waals surface area contributed by atoms with E-state index in [0.29, 0.717) is 12.2 Å². The number of nitrogens with zero attached hydrogens (tertiary/aromatic N) is 1. The van der Waals surface area contributed by atoms with Crippen molar-refractivity contribution >= 4 is 0 Å². The second-order valence-corrected chi connectivity index (χ2v) is 8.03. The fourth-order valence-electron chi connectivity index (χ4n) is 4.05. The van der Waals surface area contributed by atoms with Crippen LogP contribution < -0.4 is 0 Å². The van der Waals surface area contributed by atoms with Gasteiger partial charge < -0.3 is 9.63 Å². The Morgan fingerprint density at radius 3 is 2.03 bits per heavy atom. The summed E-state index contributed by atoms with van der Waals surface area (Å²) < 4.78 is 5.67. The number of aromatic nitrogens is 1. The van der Waals surface area contributed by atoms with Gasteiger partial charge in [0.05, 0.1) is 16.9 Å².